The average Bonchev–Trinajstić information content (AvgIpc) is 2.18. The molecule has 0 saturated carbocycles. The van der Waals surface area contributed by atoms with Gasteiger partial charge in [-0.15, -0.1) is 0 Å². The topological polar surface area (TPSA) is 127 Å². The lowest BCUT2D eigenvalue weighted by molar-refractivity contribution is 1.18. The number of nitrogen functional groups attached to an aromatic ring is 2. The molecule has 0 aliphatic carbocycles. The van der Waals surface area contributed by atoms with E-state index in [0.717, 1.165) is 0 Å². The number of nitrogens with two attached hydrogens (primary N) is 2. The number of hydrogen-bond donors (Lipinski definition) is 2. The van der Waals surface area contributed by atoms with Gasteiger partial charge in [-0.05, 0) is 11.6 Å². The maximum atomic E-state index is 8.00. The van der Waals surface area contributed by atoms with Gasteiger partial charge in [-0.2, -0.15) is 0 Å². The molecule has 0 amide bonds. The van der Waals surface area contributed by atoms with Crippen molar-refractivity contribution >= 4 is 17.7 Å². The van der Waals surface area contributed by atoms with E-state index in [1.54, 1.807) is 12.2 Å². The van der Waals surface area contributed by atoms with Crippen LogP contribution in [0.1, 0.15) is 5.69 Å². The van der Waals surface area contributed by atoms with Crippen LogP contribution in [0.25, 0.3) is 16.5 Å². The summed E-state index contributed by atoms with van der Waals surface area (Å²) in [5.41, 5.74) is 19.4. The molecular formula is C7H9N7. The maximum Gasteiger partial charge on any atom is 0.166 e. The van der Waals surface area contributed by atoms with Crippen LogP contribution in [0.15, 0.2) is 17.4 Å². The van der Waals surface area contributed by atoms with Crippen molar-refractivity contribution in [2.75, 3.05) is 18.0 Å². The largest absolute Gasteiger partial charge is 0.381 e. The number of hydrogen-bond acceptors (Lipinski definition) is 5. The highest BCUT2D eigenvalue weighted by atomic mass is 15.1. The molecule has 0 unspecified atom stereocenters. The van der Waals surface area contributed by atoms with Crippen LogP contribution in [0.3, 0.4) is 0 Å². The summed E-state index contributed by atoms with van der Waals surface area (Å²) in [6.45, 7) is 0.266. The zero-order chi connectivity index (χ0) is 10.4. The fourth-order valence-corrected chi connectivity index (χ4v) is 0.764. The number of anilines is 2. The van der Waals surface area contributed by atoms with E-state index >= 15 is 0 Å². The molecule has 1 aromatic rings. The molecule has 4 N–H and O–H groups in total. The molecule has 1 rings (SSSR count). The van der Waals surface area contributed by atoms with Crippen molar-refractivity contribution < 1.29 is 0 Å². The highest BCUT2D eigenvalue weighted by molar-refractivity contribution is 5.56. The number of rotatable bonds is 3. The Balaban J connectivity index is 2.72. The maximum absolute atomic E-state index is 8.00. The van der Waals surface area contributed by atoms with Gasteiger partial charge in [0.15, 0.2) is 11.6 Å². The Morgan fingerprint density at radius 2 is 2.29 bits per heavy atom. The number of azide groups is 1. The van der Waals surface area contributed by atoms with Crippen molar-refractivity contribution in [3.05, 3.63) is 28.4 Å². The molecule has 0 spiro atoms. The van der Waals surface area contributed by atoms with Crippen molar-refractivity contribution in [3.8, 4) is 0 Å². The molecule has 0 radical (unpaired) electrons. The van der Waals surface area contributed by atoms with Gasteiger partial charge in [0.05, 0.1) is 11.9 Å². The zero-order valence-electron chi connectivity index (χ0n) is 7.33. The third-order valence-corrected chi connectivity index (χ3v) is 1.39. The third-order valence-electron chi connectivity index (χ3n) is 1.39. The van der Waals surface area contributed by atoms with Crippen LogP contribution < -0.4 is 11.5 Å². The van der Waals surface area contributed by atoms with E-state index in [1.807, 2.05) is 0 Å². The molecule has 72 valence electrons. The highest BCUT2D eigenvalue weighted by Crippen LogP contribution is 2.07. The Morgan fingerprint density at radius 1 is 1.50 bits per heavy atom. The molecule has 0 bridgehead atoms. The summed E-state index contributed by atoms with van der Waals surface area (Å²) in [6.07, 6.45) is 4.79. The SMILES string of the molecule is [N-]=[N+]=NCC=Cc1cnc(N)c(N)n1. The molecule has 0 aliphatic heterocycles. The van der Waals surface area contributed by atoms with Crippen LogP contribution in [0.2, 0.25) is 0 Å². The van der Waals surface area contributed by atoms with Gasteiger partial charge in [0, 0.05) is 11.5 Å². The fourth-order valence-electron chi connectivity index (χ4n) is 0.764. The van der Waals surface area contributed by atoms with Gasteiger partial charge in [-0.3, -0.25) is 0 Å². The van der Waals surface area contributed by atoms with E-state index in [0.29, 0.717) is 5.69 Å². The summed E-state index contributed by atoms with van der Waals surface area (Å²) >= 11 is 0. The van der Waals surface area contributed by atoms with Gasteiger partial charge in [0.25, 0.3) is 0 Å². The van der Waals surface area contributed by atoms with Gasteiger partial charge >= 0.3 is 0 Å². The van der Waals surface area contributed by atoms with E-state index in [1.165, 1.54) is 6.20 Å². The normalized spacial score (nSPS) is 10.0. The number of nitrogens with zero attached hydrogens (tertiary/aromatic N) is 5. The van der Waals surface area contributed by atoms with Crippen molar-refractivity contribution in [3.63, 3.8) is 0 Å². The zero-order valence-corrected chi connectivity index (χ0v) is 7.33. The molecule has 0 aromatic carbocycles. The Morgan fingerprint density at radius 3 is 2.93 bits per heavy atom. The van der Waals surface area contributed by atoms with Crippen LogP contribution >= 0.6 is 0 Å². The highest BCUT2D eigenvalue weighted by Gasteiger charge is 1.96. The summed E-state index contributed by atoms with van der Waals surface area (Å²) in [4.78, 5) is 10.3. The molecule has 1 heterocycles. The Bertz CT molecular complexity index is 391. The predicted octanol–water partition coefficient (Wildman–Crippen LogP) is 0.964. The van der Waals surface area contributed by atoms with E-state index in [2.05, 4.69) is 20.0 Å². The van der Waals surface area contributed by atoms with E-state index in [4.69, 9.17) is 17.0 Å². The van der Waals surface area contributed by atoms with Crippen molar-refractivity contribution in [2.24, 2.45) is 5.11 Å². The van der Waals surface area contributed by atoms with Crippen LogP contribution in [-0.2, 0) is 0 Å². The summed E-state index contributed by atoms with van der Waals surface area (Å²) in [6, 6.07) is 0. The molecule has 1 aromatic heterocycles. The fraction of sp³-hybridized carbons (Fsp3) is 0.143. The van der Waals surface area contributed by atoms with Gasteiger partial charge in [0.2, 0.25) is 0 Å². The van der Waals surface area contributed by atoms with Gasteiger partial charge < -0.3 is 11.5 Å². The van der Waals surface area contributed by atoms with Gasteiger partial charge in [-0.1, -0.05) is 11.2 Å². The predicted molar refractivity (Wildman–Crippen MR) is 53.9 cm³/mol. The molecule has 0 fully saturated rings. The second-order valence-corrected chi connectivity index (χ2v) is 2.38. The van der Waals surface area contributed by atoms with E-state index < -0.39 is 0 Å². The minimum atomic E-state index is 0.191. The molecule has 0 aliphatic rings. The van der Waals surface area contributed by atoms with Crippen LogP contribution in [0.4, 0.5) is 11.6 Å². The van der Waals surface area contributed by atoms with Crippen LogP contribution in [-0.4, -0.2) is 16.5 Å². The lowest BCUT2D eigenvalue weighted by atomic mass is 10.4. The first-order chi connectivity index (χ1) is 6.74. The minimum absolute atomic E-state index is 0.191. The lowest BCUT2D eigenvalue weighted by Gasteiger charge is -1.97. The Labute approximate surface area is 80.1 Å². The average molecular weight is 191 g/mol. The third kappa shape index (κ3) is 2.65. The van der Waals surface area contributed by atoms with Crippen molar-refractivity contribution in [1.82, 2.24) is 9.97 Å². The summed E-state index contributed by atoms with van der Waals surface area (Å²) < 4.78 is 0. The summed E-state index contributed by atoms with van der Waals surface area (Å²) in [7, 11) is 0. The Kier molecular flexibility index (Phi) is 3.28. The van der Waals surface area contributed by atoms with Gasteiger partial charge in [0.1, 0.15) is 0 Å². The van der Waals surface area contributed by atoms with Gasteiger partial charge in [-0.25, -0.2) is 9.97 Å². The lowest BCUT2D eigenvalue weighted by Crippen LogP contribution is -2.01. The summed E-state index contributed by atoms with van der Waals surface area (Å²) in [5.74, 6) is 0.396. The molecule has 0 atom stereocenters. The van der Waals surface area contributed by atoms with E-state index in [9.17, 15) is 0 Å². The molecule has 14 heavy (non-hydrogen) atoms. The monoisotopic (exact) mass is 191 g/mol. The van der Waals surface area contributed by atoms with Crippen LogP contribution in [0.5, 0.6) is 0 Å². The second-order valence-electron chi connectivity index (χ2n) is 2.38. The van der Waals surface area contributed by atoms with Crippen molar-refractivity contribution in [1.29, 1.82) is 0 Å². The quantitative estimate of drug-likeness (QED) is 0.419. The first-order valence-electron chi connectivity index (χ1n) is 3.79. The minimum Gasteiger partial charge on any atom is -0.381 e. The standard InChI is InChI=1S/C7H9N7/c8-6-7(9)13-5(4-11-6)2-1-3-12-14-10/h1-2,4H,3H2,(H2,8,11)(H2,9,13). The first kappa shape index (κ1) is 9.82. The first-order valence-corrected chi connectivity index (χ1v) is 3.79. The number of aromatic nitrogens is 2. The Hall–Kier alpha value is -2.27. The molecular weight excluding hydrogens is 182 g/mol. The van der Waals surface area contributed by atoms with Crippen molar-refractivity contribution in [2.45, 2.75) is 0 Å². The van der Waals surface area contributed by atoms with E-state index in [-0.39, 0.29) is 18.2 Å². The smallest absolute Gasteiger partial charge is 0.166 e. The van der Waals surface area contributed by atoms with Crippen LogP contribution in [0, 0.1) is 0 Å². The summed E-state index contributed by atoms with van der Waals surface area (Å²) in [5, 5.41) is 3.32. The molecule has 7 nitrogen and oxygen atoms in total. The second kappa shape index (κ2) is 4.68. The molecule has 7 heteroatoms. The molecule has 0 saturated heterocycles.